The number of likely N-dealkylation sites (tertiary alicyclic amines) is 1. The minimum atomic E-state index is -1.10. The number of urea groups is 1. The molecule has 2 aromatic rings. The number of hydrogen-bond donors (Lipinski definition) is 6. The largest absolute Gasteiger partial charge is 0.480 e. The Balaban J connectivity index is 1.59. The highest BCUT2D eigenvalue weighted by Crippen LogP contribution is 2.16. The van der Waals surface area contributed by atoms with Gasteiger partial charge < -0.3 is 31.7 Å². The first kappa shape index (κ1) is 23.6. The first-order chi connectivity index (χ1) is 15.8. The van der Waals surface area contributed by atoms with Gasteiger partial charge in [-0.2, -0.15) is 0 Å². The van der Waals surface area contributed by atoms with Gasteiger partial charge in [0, 0.05) is 36.4 Å². The van der Waals surface area contributed by atoms with Crippen LogP contribution in [0, 0.1) is 5.41 Å². The smallest absolute Gasteiger partial charge is 0.326 e. The SMILES string of the molecule is N=C(N)Nc1cccc(C(=O)Nc2ccc(CC(NC(=O)N3CCCCC3)C(=O)O)cc2)c1. The molecule has 1 unspecified atom stereocenters. The molecule has 0 spiro atoms. The maximum absolute atomic E-state index is 12.5. The number of carboxylic acids is 1. The Morgan fingerprint density at radius 2 is 1.70 bits per heavy atom. The lowest BCUT2D eigenvalue weighted by Gasteiger charge is -2.28. The molecule has 1 aliphatic rings. The van der Waals surface area contributed by atoms with Crippen molar-refractivity contribution in [1.82, 2.24) is 10.2 Å². The third kappa shape index (κ3) is 6.96. The van der Waals surface area contributed by atoms with E-state index in [1.54, 1.807) is 53.4 Å². The van der Waals surface area contributed by atoms with E-state index in [1.807, 2.05) is 0 Å². The van der Waals surface area contributed by atoms with Gasteiger partial charge in [0.2, 0.25) is 0 Å². The van der Waals surface area contributed by atoms with Crippen LogP contribution in [0.2, 0.25) is 0 Å². The molecule has 1 fully saturated rings. The molecule has 10 heteroatoms. The number of carbonyl (C=O) groups is 3. The highest BCUT2D eigenvalue weighted by molar-refractivity contribution is 6.05. The number of guanidine groups is 1. The van der Waals surface area contributed by atoms with Crippen LogP contribution in [0.1, 0.15) is 35.2 Å². The third-order valence-electron chi connectivity index (χ3n) is 5.29. The van der Waals surface area contributed by atoms with Gasteiger partial charge in [-0.3, -0.25) is 10.2 Å². The minimum Gasteiger partial charge on any atom is -0.480 e. The molecular formula is C23H28N6O4. The van der Waals surface area contributed by atoms with E-state index in [0.717, 1.165) is 19.3 Å². The molecule has 3 rings (SSSR count). The number of carboxylic acid groups (broad SMARTS) is 1. The summed E-state index contributed by atoms with van der Waals surface area (Å²) in [7, 11) is 0. The predicted molar refractivity (Wildman–Crippen MR) is 125 cm³/mol. The number of nitrogens with two attached hydrogens (primary N) is 1. The van der Waals surface area contributed by atoms with Gasteiger partial charge in [-0.15, -0.1) is 0 Å². The summed E-state index contributed by atoms with van der Waals surface area (Å²) >= 11 is 0. The summed E-state index contributed by atoms with van der Waals surface area (Å²) in [6.45, 7) is 1.28. The van der Waals surface area contributed by atoms with Crippen LogP contribution in [-0.4, -0.2) is 53.0 Å². The molecule has 3 amide bonds. The van der Waals surface area contributed by atoms with Crippen molar-refractivity contribution in [3.8, 4) is 0 Å². The highest BCUT2D eigenvalue weighted by atomic mass is 16.4. The Morgan fingerprint density at radius 3 is 2.33 bits per heavy atom. The maximum atomic E-state index is 12.5. The van der Waals surface area contributed by atoms with Crippen molar-refractivity contribution in [3.63, 3.8) is 0 Å². The number of piperidine rings is 1. The minimum absolute atomic E-state index is 0.127. The molecule has 10 nitrogen and oxygen atoms in total. The Morgan fingerprint density at radius 1 is 1.00 bits per heavy atom. The van der Waals surface area contributed by atoms with E-state index in [1.165, 1.54) is 0 Å². The number of hydrogen-bond acceptors (Lipinski definition) is 4. The van der Waals surface area contributed by atoms with Crippen LogP contribution >= 0.6 is 0 Å². The first-order valence-corrected chi connectivity index (χ1v) is 10.7. The van der Waals surface area contributed by atoms with Crippen molar-refractivity contribution in [3.05, 3.63) is 59.7 Å². The van der Waals surface area contributed by atoms with E-state index in [4.69, 9.17) is 11.1 Å². The molecule has 1 saturated heterocycles. The first-order valence-electron chi connectivity index (χ1n) is 10.7. The van der Waals surface area contributed by atoms with Gasteiger partial charge in [0.15, 0.2) is 5.96 Å². The van der Waals surface area contributed by atoms with Gasteiger partial charge >= 0.3 is 12.0 Å². The number of amides is 3. The van der Waals surface area contributed by atoms with Gasteiger partial charge in [-0.1, -0.05) is 18.2 Å². The average molecular weight is 453 g/mol. The maximum Gasteiger partial charge on any atom is 0.326 e. The number of benzene rings is 2. The summed E-state index contributed by atoms with van der Waals surface area (Å²) < 4.78 is 0. The van der Waals surface area contributed by atoms with Crippen LogP contribution < -0.4 is 21.7 Å². The standard InChI is InChI=1S/C23H28N6O4/c24-22(25)27-18-6-4-5-16(14-18)20(30)26-17-9-7-15(8-10-17)13-19(21(31)32)28-23(33)29-11-2-1-3-12-29/h4-10,14,19H,1-3,11-13H2,(H,26,30)(H,28,33)(H,31,32)(H4,24,25,27). The van der Waals surface area contributed by atoms with Crippen LogP contribution in [0.5, 0.6) is 0 Å². The topological polar surface area (TPSA) is 161 Å². The Bertz CT molecular complexity index is 1020. The van der Waals surface area contributed by atoms with Crippen LogP contribution in [-0.2, 0) is 11.2 Å². The van der Waals surface area contributed by atoms with Gasteiger partial charge in [-0.05, 0) is 55.2 Å². The van der Waals surface area contributed by atoms with E-state index in [2.05, 4.69) is 16.0 Å². The van der Waals surface area contributed by atoms with Crippen LogP contribution in [0.15, 0.2) is 48.5 Å². The lowest BCUT2D eigenvalue weighted by molar-refractivity contribution is -0.139. The molecule has 2 aromatic carbocycles. The van der Waals surface area contributed by atoms with Crippen molar-refractivity contribution in [2.75, 3.05) is 23.7 Å². The number of nitrogens with zero attached hydrogens (tertiary/aromatic N) is 1. The summed E-state index contributed by atoms with van der Waals surface area (Å²) in [5.74, 6) is -1.67. The molecule has 1 atom stereocenters. The highest BCUT2D eigenvalue weighted by Gasteiger charge is 2.24. The summed E-state index contributed by atoms with van der Waals surface area (Å²) in [5.41, 5.74) is 7.48. The second-order valence-corrected chi connectivity index (χ2v) is 7.86. The van der Waals surface area contributed by atoms with Crippen LogP contribution in [0.4, 0.5) is 16.2 Å². The number of rotatable bonds is 7. The van der Waals surface area contributed by atoms with Crippen LogP contribution in [0.25, 0.3) is 0 Å². The molecule has 1 aliphatic heterocycles. The molecule has 33 heavy (non-hydrogen) atoms. The Hall–Kier alpha value is -4.08. The van der Waals surface area contributed by atoms with Crippen molar-refractivity contribution >= 4 is 35.2 Å². The Labute approximate surface area is 191 Å². The quantitative estimate of drug-likeness (QED) is 0.279. The fraction of sp³-hybridized carbons (Fsp3) is 0.304. The second kappa shape index (κ2) is 11.0. The van der Waals surface area contributed by atoms with E-state index in [0.29, 0.717) is 35.6 Å². The zero-order chi connectivity index (χ0) is 23.8. The van der Waals surface area contributed by atoms with Gasteiger partial charge in [0.25, 0.3) is 5.91 Å². The van der Waals surface area contributed by atoms with E-state index >= 15 is 0 Å². The molecule has 0 saturated carbocycles. The molecule has 174 valence electrons. The summed E-state index contributed by atoms with van der Waals surface area (Å²) in [4.78, 5) is 38.2. The second-order valence-electron chi connectivity index (χ2n) is 7.86. The average Bonchev–Trinajstić information content (AvgIpc) is 2.80. The summed E-state index contributed by atoms with van der Waals surface area (Å²) in [5, 5.41) is 24.8. The molecule has 1 heterocycles. The third-order valence-corrected chi connectivity index (χ3v) is 5.29. The number of aliphatic carboxylic acids is 1. The van der Waals surface area contributed by atoms with Gasteiger partial charge in [0.05, 0.1) is 0 Å². The molecular weight excluding hydrogens is 424 g/mol. The van der Waals surface area contributed by atoms with E-state index in [9.17, 15) is 19.5 Å². The van der Waals surface area contributed by atoms with Gasteiger partial charge in [-0.25, -0.2) is 9.59 Å². The molecule has 0 aliphatic carbocycles. The predicted octanol–water partition coefficient (Wildman–Crippen LogP) is 2.44. The lowest BCUT2D eigenvalue weighted by Crippen LogP contribution is -2.50. The number of carbonyl (C=O) groups excluding carboxylic acids is 2. The molecule has 7 N–H and O–H groups in total. The Kier molecular flexibility index (Phi) is 7.85. The van der Waals surface area contributed by atoms with Crippen LogP contribution in [0.3, 0.4) is 0 Å². The molecule has 0 bridgehead atoms. The number of anilines is 2. The molecule has 0 radical (unpaired) electrons. The normalized spacial score (nSPS) is 14.1. The fourth-order valence-corrected chi connectivity index (χ4v) is 3.59. The van der Waals surface area contributed by atoms with E-state index < -0.39 is 12.0 Å². The summed E-state index contributed by atoms with van der Waals surface area (Å²) in [6, 6.07) is 12.0. The van der Waals surface area contributed by atoms with Crippen molar-refractivity contribution in [1.29, 1.82) is 5.41 Å². The zero-order valence-electron chi connectivity index (χ0n) is 18.1. The lowest BCUT2D eigenvalue weighted by atomic mass is 10.1. The van der Waals surface area contributed by atoms with Crippen molar-refractivity contribution in [2.45, 2.75) is 31.7 Å². The van der Waals surface area contributed by atoms with E-state index in [-0.39, 0.29) is 24.3 Å². The van der Waals surface area contributed by atoms with Crippen molar-refractivity contribution < 1.29 is 19.5 Å². The fourth-order valence-electron chi connectivity index (χ4n) is 3.59. The summed E-state index contributed by atoms with van der Waals surface area (Å²) in [6.07, 6.45) is 3.06. The van der Waals surface area contributed by atoms with Crippen molar-refractivity contribution in [2.24, 2.45) is 5.73 Å². The molecule has 0 aromatic heterocycles. The monoisotopic (exact) mass is 452 g/mol. The zero-order valence-corrected chi connectivity index (χ0v) is 18.1. The van der Waals surface area contributed by atoms with Gasteiger partial charge in [0.1, 0.15) is 6.04 Å². The number of nitrogens with one attached hydrogen (secondary N) is 4.